The first-order valence-corrected chi connectivity index (χ1v) is 11.4. The molecular formula is C19H18ClN3O3S2. The maximum absolute atomic E-state index is 12.8. The van der Waals surface area contributed by atoms with E-state index in [4.69, 9.17) is 16.9 Å². The van der Waals surface area contributed by atoms with E-state index in [0.717, 1.165) is 4.90 Å². The molecule has 0 bridgehead atoms. The first-order chi connectivity index (χ1) is 13.4. The van der Waals surface area contributed by atoms with Crippen LogP contribution in [0.2, 0.25) is 5.02 Å². The molecule has 0 radical (unpaired) electrons. The molecule has 3 rings (SSSR count). The monoisotopic (exact) mass is 435 g/mol. The van der Waals surface area contributed by atoms with Crippen LogP contribution >= 0.6 is 23.4 Å². The van der Waals surface area contributed by atoms with Crippen molar-refractivity contribution in [1.82, 2.24) is 9.21 Å². The zero-order chi connectivity index (χ0) is 20.1. The van der Waals surface area contributed by atoms with Crippen molar-refractivity contribution in [3.8, 4) is 6.07 Å². The number of piperazine rings is 1. The zero-order valence-corrected chi connectivity index (χ0v) is 17.3. The van der Waals surface area contributed by atoms with Crippen LogP contribution in [0.5, 0.6) is 0 Å². The van der Waals surface area contributed by atoms with Crippen molar-refractivity contribution < 1.29 is 13.2 Å². The van der Waals surface area contributed by atoms with Gasteiger partial charge in [0.1, 0.15) is 6.07 Å². The van der Waals surface area contributed by atoms with E-state index < -0.39 is 10.0 Å². The normalized spacial score (nSPS) is 15.2. The van der Waals surface area contributed by atoms with Crippen LogP contribution in [0.15, 0.2) is 58.3 Å². The maximum Gasteiger partial charge on any atom is 0.244 e. The summed E-state index contributed by atoms with van der Waals surface area (Å²) < 4.78 is 27.0. The predicted molar refractivity (Wildman–Crippen MR) is 109 cm³/mol. The largest absolute Gasteiger partial charge is 0.339 e. The lowest BCUT2D eigenvalue weighted by Gasteiger charge is -2.34. The van der Waals surface area contributed by atoms with Crippen LogP contribution in [0.4, 0.5) is 0 Å². The molecule has 9 heteroatoms. The van der Waals surface area contributed by atoms with Crippen molar-refractivity contribution in [2.45, 2.75) is 9.79 Å². The number of hydrogen-bond donors (Lipinski definition) is 0. The summed E-state index contributed by atoms with van der Waals surface area (Å²) >= 11 is 7.28. The molecule has 0 spiro atoms. The highest BCUT2D eigenvalue weighted by Gasteiger charge is 2.31. The van der Waals surface area contributed by atoms with Gasteiger partial charge in [-0.05, 0) is 36.4 Å². The number of amides is 1. The van der Waals surface area contributed by atoms with E-state index in [9.17, 15) is 13.2 Å². The topological polar surface area (TPSA) is 81.5 Å². The van der Waals surface area contributed by atoms with Gasteiger partial charge < -0.3 is 4.90 Å². The molecule has 1 amide bonds. The molecular weight excluding hydrogens is 418 g/mol. The average Bonchev–Trinajstić information content (AvgIpc) is 2.73. The van der Waals surface area contributed by atoms with Crippen molar-refractivity contribution in [2.75, 3.05) is 31.9 Å². The van der Waals surface area contributed by atoms with Crippen LogP contribution in [-0.2, 0) is 14.8 Å². The van der Waals surface area contributed by atoms with Crippen LogP contribution in [0.3, 0.4) is 0 Å². The number of sulfonamides is 1. The number of rotatable bonds is 5. The highest BCUT2D eigenvalue weighted by molar-refractivity contribution is 8.00. The standard InChI is InChI=1S/C19H18ClN3O3S2/c20-16-5-7-17(8-6-16)27-14-19(24)22-9-11-23(12-10-22)28(25,26)18-4-2-1-3-15(18)13-21/h1-8H,9-12,14H2. The number of nitrogens with zero attached hydrogens (tertiary/aromatic N) is 3. The summed E-state index contributed by atoms with van der Waals surface area (Å²) in [5.41, 5.74) is 0.125. The Balaban J connectivity index is 1.58. The fourth-order valence-corrected chi connectivity index (χ4v) is 5.36. The molecule has 1 aliphatic heterocycles. The van der Waals surface area contributed by atoms with Crippen molar-refractivity contribution in [1.29, 1.82) is 5.26 Å². The van der Waals surface area contributed by atoms with Gasteiger partial charge in [-0.25, -0.2) is 8.42 Å². The second-order valence-electron chi connectivity index (χ2n) is 6.14. The Morgan fingerprint density at radius 3 is 2.36 bits per heavy atom. The first kappa shape index (κ1) is 20.7. The SMILES string of the molecule is N#Cc1ccccc1S(=O)(=O)N1CCN(C(=O)CSc2ccc(Cl)cc2)CC1. The zero-order valence-electron chi connectivity index (χ0n) is 14.9. The second kappa shape index (κ2) is 8.97. The molecule has 2 aromatic carbocycles. The van der Waals surface area contributed by atoms with Gasteiger partial charge in [0.05, 0.1) is 16.2 Å². The third-order valence-electron chi connectivity index (χ3n) is 4.39. The van der Waals surface area contributed by atoms with Gasteiger partial charge in [-0.15, -0.1) is 11.8 Å². The molecule has 146 valence electrons. The summed E-state index contributed by atoms with van der Waals surface area (Å²) in [5, 5.41) is 9.81. The van der Waals surface area contributed by atoms with Gasteiger partial charge in [-0.2, -0.15) is 9.57 Å². The summed E-state index contributed by atoms with van der Waals surface area (Å²) in [4.78, 5) is 15.1. The number of benzene rings is 2. The van der Waals surface area contributed by atoms with Crippen LogP contribution < -0.4 is 0 Å². The van der Waals surface area contributed by atoms with Crippen molar-refractivity contribution in [2.24, 2.45) is 0 Å². The van der Waals surface area contributed by atoms with Gasteiger partial charge in [0.2, 0.25) is 15.9 Å². The molecule has 1 fully saturated rings. The van der Waals surface area contributed by atoms with Crippen LogP contribution in [0, 0.1) is 11.3 Å². The summed E-state index contributed by atoms with van der Waals surface area (Å²) in [5.74, 6) is 0.250. The van der Waals surface area contributed by atoms with Crippen LogP contribution in [-0.4, -0.2) is 55.5 Å². The quantitative estimate of drug-likeness (QED) is 0.674. The number of thioether (sulfide) groups is 1. The van der Waals surface area contributed by atoms with E-state index in [-0.39, 0.29) is 35.2 Å². The lowest BCUT2D eigenvalue weighted by Crippen LogP contribution is -2.51. The Labute approximate surface area is 173 Å². The van der Waals surface area contributed by atoms with Gasteiger partial charge >= 0.3 is 0 Å². The van der Waals surface area contributed by atoms with Gasteiger partial charge in [0.25, 0.3) is 0 Å². The van der Waals surface area contributed by atoms with Crippen LogP contribution in [0.25, 0.3) is 0 Å². The van der Waals surface area contributed by atoms with E-state index in [0.29, 0.717) is 18.1 Å². The summed E-state index contributed by atoms with van der Waals surface area (Å²) in [6.07, 6.45) is 0. The van der Waals surface area contributed by atoms with E-state index in [1.54, 1.807) is 29.2 Å². The molecule has 0 aliphatic carbocycles. The maximum atomic E-state index is 12.8. The van der Waals surface area contributed by atoms with Gasteiger partial charge in [-0.3, -0.25) is 4.79 Å². The van der Waals surface area contributed by atoms with Gasteiger partial charge in [0, 0.05) is 36.1 Å². The van der Waals surface area contributed by atoms with E-state index >= 15 is 0 Å². The molecule has 0 unspecified atom stereocenters. The molecule has 1 saturated heterocycles. The number of carbonyl (C=O) groups excluding carboxylic acids is 1. The number of halogens is 1. The summed E-state index contributed by atoms with van der Waals surface area (Å²) in [7, 11) is -3.76. The van der Waals surface area contributed by atoms with Gasteiger partial charge in [0.15, 0.2) is 0 Å². The molecule has 0 aromatic heterocycles. The van der Waals surface area contributed by atoms with E-state index in [2.05, 4.69) is 0 Å². The highest BCUT2D eigenvalue weighted by atomic mass is 35.5. The number of nitriles is 1. The highest BCUT2D eigenvalue weighted by Crippen LogP contribution is 2.23. The number of hydrogen-bond acceptors (Lipinski definition) is 5. The minimum atomic E-state index is -3.76. The Hall–Kier alpha value is -2.05. The van der Waals surface area contributed by atoms with Crippen molar-refractivity contribution >= 4 is 39.3 Å². The molecule has 0 saturated carbocycles. The fourth-order valence-electron chi connectivity index (χ4n) is 2.87. The lowest BCUT2D eigenvalue weighted by molar-refractivity contribution is -0.129. The third-order valence-corrected chi connectivity index (χ3v) is 7.60. The van der Waals surface area contributed by atoms with Crippen molar-refractivity contribution in [3.63, 3.8) is 0 Å². The molecule has 1 aliphatic rings. The molecule has 6 nitrogen and oxygen atoms in total. The fraction of sp³-hybridized carbons (Fsp3) is 0.263. The smallest absolute Gasteiger partial charge is 0.244 e. The predicted octanol–water partition coefficient (Wildman–Crippen LogP) is 2.84. The second-order valence-corrected chi connectivity index (χ2v) is 9.53. The van der Waals surface area contributed by atoms with Gasteiger partial charge in [-0.1, -0.05) is 23.7 Å². The minimum absolute atomic E-state index is 0.00979. The summed E-state index contributed by atoms with van der Waals surface area (Å²) in [6, 6.07) is 15.3. The van der Waals surface area contributed by atoms with E-state index in [1.165, 1.54) is 28.2 Å². The molecule has 2 aromatic rings. The minimum Gasteiger partial charge on any atom is -0.339 e. The summed E-state index contributed by atoms with van der Waals surface area (Å²) in [6.45, 7) is 1.07. The Kier molecular flexibility index (Phi) is 6.62. The van der Waals surface area contributed by atoms with Crippen LogP contribution in [0.1, 0.15) is 5.56 Å². The Morgan fingerprint density at radius 1 is 1.07 bits per heavy atom. The first-order valence-electron chi connectivity index (χ1n) is 8.57. The average molecular weight is 436 g/mol. The molecule has 0 atom stereocenters. The van der Waals surface area contributed by atoms with E-state index in [1.807, 2.05) is 18.2 Å². The molecule has 0 N–H and O–H groups in total. The lowest BCUT2D eigenvalue weighted by atomic mass is 10.2. The Morgan fingerprint density at radius 2 is 1.71 bits per heavy atom. The molecule has 1 heterocycles. The van der Waals surface area contributed by atoms with Crippen molar-refractivity contribution in [3.05, 3.63) is 59.1 Å². The molecule has 28 heavy (non-hydrogen) atoms. The Bertz CT molecular complexity index is 996. The third kappa shape index (κ3) is 4.67. The number of carbonyl (C=O) groups is 1.